The number of carbonyl (C=O) groups is 1. The molecule has 1 heterocycles. The Morgan fingerprint density at radius 3 is 2.62 bits per heavy atom. The number of amides is 1. The molecule has 0 spiro atoms. The highest BCUT2D eigenvalue weighted by molar-refractivity contribution is 8.00. The summed E-state index contributed by atoms with van der Waals surface area (Å²) in [4.78, 5) is 12.7. The molecule has 1 aromatic carbocycles. The van der Waals surface area contributed by atoms with Crippen LogP contribution in [-0.4, -0.2) is 21.4 Å². The summed E-state index contributed by atoms with van der Waals surface area (Å²) in [5.74, 6) is 0.784. The highest BCUT2D eigenvalue weighted by Gasteiger charge is 2.12. The molecule has 0 atom stereocenters. The normalized spacial score (nSPS) is 10.9. The van der Waals surface area contributed by atoms with Crippen molar-refractivity contribution in [2.24, 2.45) is 0 Å². The lowest BCUT2D eigenvalue weighted by Gasteiger charge is -2.12. The Bertz CT molecular complexity index is 623. The highest BCUT2D eigenvalue weighted by Crippen LogP contribution is 2.33. The second-order valence-electron chi connectivity index (χ2n) is 4.64. The van der Waals surface area contributed by atoms with E-state index in [0.29, 0.717) is 20.8 Å². The van der Waals surface area contributed by atoms with Crippen LogP contribution in [0.2, 0.25) is 10.0 Å². The molecular weight excluding hydrogens is 329 g/mol. The summed E-state index contributed by atoms with van der Waals surface area (Å²) in [5.41, 5.74) is 0. The first kappa shape index (κ1) is 16.2. The molecule has 112 valence electrons. The zero-order chi connectivity index (χ0) is 15.4. The third-order valence-corrected chi connectivity index (χ3v) is 4.68. The fraction of sp³-hybridized carbons (Fsp3) is 0.286. The van der Waals surface area contributed by atoms with Crippen LogP contribution in [0.25, 0.3) is 0 Å². The third-order valence-electron chi connectivity index (χ3n) is 2.69. The van der Waals surface area contributed by atoms with Crippen LogP contribution in [0.15, 0.2) is 35.4 Å². The molecule has 0 aliphatic rings. The Balaban J connectivity index is 1.98. The summed E-state index contributed by atoms with van der Waals surface area (Å²) in [6.45, 7) is 4.00. The van der Waals surface area contributed by atoms with Gasteiger partial charge in [-0.1, -0.05) is 29.3 Å². The summed E-state index contributed by atoms with van der Waals surface area (Å²) < 4.78 is 1.76. The lowest BCUT2D eigenvalue weighted by Crippen LogP contribution is -2.18. The molecule has 0 aliphatic heterocycles. The molecule has 2 rings (SSSR count). The van der Waals surface area contributed by atoms with Crippen molar-refractivity contribution in [2.45, 2.75) is 24.8 Å². The van der Waals surface area contributed by atoms with Gasteiger partial charge in [-0.25, -0.2) is 4.68 Å². The number of rotatable bonds is 5. The van der Waals surface area contributed by atoms with Crippen molar-refractivity contribution in [3.05, 3.63) is 40.5 Å². The van der Waals surface area contributed by atoms with Gasteiger partial charge in [0.05, 0.1) is 22.0 Å². The first-order valence-corrected chi connectivity index (χ1v) is 8.13. The number of carbonyl (C=O) groups excluding carboxylic acids is 1. The first-order chi connectivity index (χ1) is 9.99. The molecule has 0 fully saturated rings. The van der Waals surface area contributed by atoms with E-state index in [-0.39, 0.29) is 17.7 Å². The largest absolute Gasteiger partial charge is 0.310 e. The average Bonchev–Trinajstić information content (AvgIpc) is 2.86. The van der Waals surface area contributed by atoms with E-state index in [1.54, 1.807) is 35.1 Å². The van der Waals surface area contributed by atoms with Gasteiger partial charge in [-0.2, -0.15) is 5.10 Å². The van der Waals surface area contributed by atoms with Crippen LogP contribution in [0.4, 0.5) is 5.82 Å². The predicted molar refractivity (Wildman–Crippen MR) is 88.4 cm³/mol. The van der Waals surface area contributed by atoms with Gasteiger partial charge in [0, 0.05) is 17.0 Å². The van der Waals surface area contributed by atoms with Crippen molar-refractivity contribution in [1.29, 1.82) is 0 Å². The summed E-state index contributed by atoms with van der Waals surface area (Å²) in [6.07, 6.45) is 1.66. The molecule has 0 bridgehead atoms. The van der Waals surface area contributed by atoms with Crippen molar-refractivity contribution in [1.82, 2.24) is 9.78 Å². The van der Waals surface area contributed by atoms with Crippen LogP contribution in [0.1, 0.15) is 19.9 Å². The number of thioether (sulfide) groups is 1. The van der Waals surface area contributed by atoms with Crippen LogP contribution >= 0.6 is 35.0 Å². The molecule has 21 heavy (non-hydrogen) atoms. The van der Waals surface area contributed by atoms with Gasteiger partial charge in [-0.3, -0.25) is 4.79 Å². The van der Waals surface area contributed by atoms with Gasteiger partial charge >= 0.3 is 0 Å². The number of nitrogens with one attached hydrogen (secondary N) is 1. The van der Waals surface area contributed by atoms with Crippen molar-refractivity contribution >= 4 is 46.7 Å². The SMILES string of the molecule is CC(C)n1nccc1NC(=O)CSc1c(Cl)cccc1Cl. The van der Waals surface area contributed by atoms with E-state index >= 15 is 0 Å². The van der Waals surface area contributed by atoms with E-state index in [1.165, 1.54) is 11.8 Å². The molecule has 4 nitrogen and oxygen atoms in total. The van der Waals surface area contributed by atoms with Gasteiger partial charge in [0.15, 0.2) is 0 Å². The van der Waals surface area contributed by atoms with Crippen LogP contribution < -0.4 is 5.32 Å². The molecular formula is C14H15Cl2N3OS. The Hall–Kier alpha value is -1.17. The Morgan fingerprint density at radius 1 is 1.33 bits per heavy atom. The third kappa shape index (κ3) is 4.15. The highest BCUT2D eigenvalue weighted by atomic mass is 35.5. The van der Waals surface area contributed by atoms with E-state index < -0.39 is 0 Å². The Morgan fingerprint density at radius 2 is 2.00 bits per heavy atom. The summed E-state index contributed by atoms with van der Waals surface area (Å²) >= 11 is 13.5. The van der Waals surface area contributed by atoms with Gasteiger partial charge in [-0.15, -0.1) is 11.8 Å². The molecule has 0 saturated carbocycles. The number of nitrogens with zero attached hydrogens (tertiary/aromatic N) is 2. The van der Waals surface area contributed by atoms with Crippen LogP contribution in [-0.2, 0) is 4.79 Å². The number of hydrogen-bond acceptors (Lipinski definition) is 3. The molecule has 1 aromatic heterocycles. The summed E-state index contributed by atoms with van der Waals surface area (Å²) in [6, 6.07) is 7.23. The number of aromatic nitrogens is 2. The van der Waals surface area contributed by atoms with Gasteiger partial charge in [0.25, 0.3) is 0 Å². The van der Waals surface area contributed by atoms with Crippen molar-refractivity contribution < 1.29 is 4.79 Å². The average molecular weight is 344 g/mol. The van der Waals surface area contributed by atoms with Crippen molar-refractivity contribution in [3.63, 3.8) is 0 Å². The zero-order valence-corrected chi connectivity index (χ0v) is 14.0. The summed E-state index contributed by atoms with van der Waals surface area (Å²) in [7, 11) is 0. The second-order valence-corrected chi connectivity index (χ2v) is 6.44. The molecule has 0 radical (unpaired) electrons. The standard InChI is InChI=1S/C14H15Cl2N3OS/c1-9(2)19-12(6-7-17-19)18-13(20)8-21-14-10(15)4-3-5-11(14)16/h3-7,9H,8H2,1-2H3,(H,18,20). The maximum atomic E-state index is 12.0. The number of hydrogen-bond donors (Lipinski definition) is 1. The molecule has 2 aromatic rings. The van der Waals surface area contributed by atoms with E-state index in [0.717, 1.165) is 0 Å². The van der Waals surface area contributed by atoms with Gasteiger partial charge in [0.1, 0.15) is 5.82 Å². The minimum Gasteiger partial charge on any atom is -0.310 e. The number of benzene rings is 1. The Labute approximate surface area is 137 Å². The van der Waals surface area contributed by atoms with Gasteiger partial charge in [0.2, 0.25) is 5.91 Å². The van der Waals surface area contributed by atoms with E-state index in [1.807, 2.05) is 13.8 Å². The van der Waals surface area contributed by atoms with Crippen molar-refractivity contribution in [3.8, 4) is 0 Å². The fourth-order valence-electron chi connectivity index (χ4n) is 1.76. The van der Waals surface area contributed by atoms with E-state index in [9.17, 15) is 4.79 Å². The summed E-state index contributed by atoms with van der Waals surface area (Å²) in [5, 5.41) is 8.10. The lowest BCUT2D eigenvalue weighted by molar-refractivity contribution is -0.113. The topological polar surface area (TPSA) is 46.9 Å². The lowest BCUT2D eigenvalue weighted by atomic mass is 10.4. The quantitative estimate of drug-likeness (QED) is 0.813. The minimum absolute atomic E-state index is 0.126. The predicted octanol–water partition coefficient (Wildman–Crippen LogP) is 4.50. The first-order valence-electron chi connectivity index (χ1n) is 6.39. The molecule has 1 amide bonds. The maximum Gasteiger partial charge on any atom is 0.235 e. The van der Waals surface area contributed by atoms with Gasteiger partial charge in [-0.05, 0) is 26.0 Å². The van der Waals surface area contributed by atoms with Gasteiger partial charge < -0.3 is 5.32 Å². The maximum absolute atomic E-state index is 12.0. The number of halogens is 2. The molecule has 0 unspecified atom stereocenters. The molecule has 0 aliphatic carbocycles. The zero-order valence-electron chi connectivity index (χ0n) is 11.6. The Kier molecular flexibility index (Phi) is 5.56. The molecule has 7 heteroatoms. The van der Waals surface area contributed by atoms with Crippen LogP contribution in [0, 0.1) is 0 Å². The smallest absolute Gasteiger partial charge is 0.235 e. The van der Waals surface area contributed by atoms with Crippen molar-refractivity contribution in [2.75, 3.05) is 11.1 Å². The monoisotopic (exact) mass is 343 g/mol. The van der Waals surface area contributed by atoms with E-state index in [4.69, 9.17) is 23.2 Å². The minimum atomic E-state index is -0.126. The number of anilines is 1. The van der Waals surface area contributed by atoms with Crippen LogP contribution in [0.3, 0.4) is 0 Å². The molecule has 0 saturated heterocycles. The molecule has 1 N–H and O–H groups in total. The fourth-order valence-corrected chi connectivity index (χ4v) is 3.25. The van der Waals surface area contributed by atoms with Crippen LogP contribution in [0.5, 0.6) is 0 Å². The van der Waals surface area contributed by atoms with E-state index in [2.05, 4.69) is 10.4 Å². The second kappa shape index (κ2) is 7.20.